The molecule has 0 radical (unpaired) electrons. The Morgan fingerprint density at radius 1 is 0.913 bits per heavy atom. The summed E-state index contributed by atoms with van der Waals surface area (Å²) in [4.78, 5) is 12.0. The fraction of sp³-hybridized carbons (Fsp3) is 0.278. The van der Waals surface area contributed by atoms with Crippen LogP contribution in [0, 0.1) is 0 Å². The Hall–Kier alpha value is -2.37. The summed E-state index contributed by atoms with van der Waals surface area (Å²) in [6.45, 7) is -0.650. The number of nitrogens with one attached hydrogen (secondary N) is 1. The van der Waals surface area contributed by atoms with Gasteiger partial charge in [0.2, 0.25) is 0 Å². The monoisotopic (exact) mass is 315 g/mol. The molecule has 1 amide bonds. The maximum atomic E-state index is 12.0. The van der Waals surface area contributed by atoms with Crippen LogP contribution >= 0.6 is 0 Å². The van der Waals surface area contributed by atoms with Gasteiger partial charge in [0.25, 0.3) is 0 Å². The second kappa shape index (κ2) is 8.31. The number of hydrogen-bond donors (Lipinski definition) is 3. The molecule has 23 heavy (non-hydrogen) atoms. The molecular formula is C18H21NO4. The highest BCUT2D eigenvalue weighted by Gasteiger charge is 2.31. The average molecular weight is 315 g/mol. The maximum Gasteiger partial charge on any atom is 0.408 e. The number of carbonyl (C=O) groups excluding carboxylic acids is 1. The van der Waals surface area contributed by atoms with Gasteiger partial charge in [-0.15, -0.1) is 0 Å². The van der Waals surface area contributed by atoms with Crippen LogP contribution in [-0.2, 0) is 17.8 Å². The van der Waals surface area contributed by atoms with E-state index in [1.165, 1.54) is 0 Å². The molecule has 0 aromatic heterocycles. The third-order valence-corrected chi connectivity index (χ3v) is 3.57. The predicted octanol–water partition coefficient (Wildman–Crippen LogP) is 1.88. The van der Waals surface area contributed by atoms with Crippen LogP contribution in [0.5, 0.6) is 0 Å². The molecule has 0 aliphatic heterocycles. The number of rotatable bonds is 7. The van der Waals surface area contributed by atoms with Crippen LogP contribution in [0.4, 0.5) is 4.79 Å². The Morgan fingerprint density at radius 3 is 1.96 bits per heavy atom. The Balaban J connectivity index is 1.96. The van der Waals surface area contributed by atoms with Gasteiger partial charge in [0.05, 0.1) is 18.8 Å². The van der Waals surface area contributed by atoms with Gasteiger partial charge in [-0.3, -0.25) is 0 Å². The molecule has 0 saturated carbocycles. The van der Waals surface area contributed by atoms with Crippen molar-refractivity contribution < 1.29 is 19.7 Å². The lowest BCUT2D eigenvalue weighted by Gasteiger charge is -2.30. The summed E-state index contributed by atoms with van der Waals surface area (Å²) in [7, 11) is 0. The number of alkyl carbamates (subject to hydrolysis) is 1. The molecule has 5 nitrogen and oxygen atoms in total. The van der Waals surface area contributed by atoms with Crippen LogP contribution in [0.3, 0.4) is 0 Å². The van der Waals surface area contributed by atoms with Gasteiger partial charge in [0.1, 0.15) is 6.61 Å². The second-order valence-electron chi connectivity index (χ2n) is 5.45. The Morgan fingerprint density at radius 2 is 1.43 bits per heavy atom. The topological polar surface area (TPSA) is 78.8 Å². The molecule has 2 rings (SSSR count). The van der Waals surface area contributed by atoms with Crippen LogP contribution in [0.25, 0.3) is 0 Å². The molecular weight excluding hydrogens is 294 g/mol. The van der Waals surface area contributed by atoms with E-state index in [0.717, 1.165) is 11.1 Å². The fourth-order valence-electron chi connectivity index (χ4n) is 2.25. The van der Waals surface area contributed by atoms with Crippen molar-refractivity contribution in [3.8, 4) is 0 Å². The predicted molar refractivity (Wildman–Crippen MR) is 86.8 cm³/mol. The maximum absolute atomic E-state index is 12.0. The Labute approximate surface area is 135 Å². The van der Waals surface area contributed by atoms with Gasteiger partial charge in [-0.2, -0.15) is 0 Å². The minimum absolute atomic E-state index is 0.130. The van der Waals surface area contributed by atoms with Crippen molar-refractivity contribution in [2.75, 3.05) is 13.2 Å². The zero-order valence-electron chi connectivity index (χ0n) is 12.8. The van der Waals surface area contributed by atoms with E-state index >= 15 is 0 Å². The van der Waals surface area contributed by atoms with Crippen molar-refractivity contribution in [3.05, 3.63) is 71.8 Å². The molecule has 0 aliphatic rings. The molecule has 0 saturated heterocycles. The van der Waals surface area contributed by atoms with Gasteiger partial charge in [0.15, 0.2) is 0 Å². The minimum atomic E-state index is -1.16. The van der Waals surface area contributed by atoms with Gasteiger partial charge in [-0.1, -0.05) is 60.7 Å². The molecule has 2 aromatic rings. The van der Waals surface area contributed by atoms with Gasteiger partial charge < -0.3 is 20.3 Å². The number of aliphatic hydroxyl groups excluding tert-OH is 2. The van der Waals surface area contributed by atoms with Crippen molar-refractivity contribution in [2.24, 2.45) is 0 Å². The van der Waals surface area contributed by atoms with E-state index < -0.39 is 24.8 Å². The molecule has 0 unspecified atom stereocenters. The van der Waals surface area contributed by atoms with E-state index in [2.05, 4.69) is 5.32 Å². The van der Waals surface area contributed by atoms with Crippen LogP contribution < -0.4 is 5.32 Å². The first-order valence-corrected chi connectivity index (χ1v) is 7.42. The molecule has 0 fully saturated rings. The van der Waals surface area contributed by atoms with Crippen molar-refractivity contribution >= 4 is 6.09 Å². The lowest BCUT2D eigenvalue weighted by atomic mass is 9.92. The summed E-state index contributed by atoms with van der Waals surface area (Å²) in [6, 6.07) is 18.6. The molecule has 5 heteroatoms. The lowest BCUT2D eigenvalue weighted by Crippen LogP contribution is -2.56. The van der Waals surface area contributed by atoms with Gasteiger partial charge >= 0.3 is 6.09 Å². The van der Waals surface area contributed by atoms with E-state index in [1.807, 2.05) is 60.7 Å². The number of ether oxygens (including phenoxy) is 1. The third-order valence-electron chi connectivity index (χ3n) is 3.57. The first-order chi connectivity index (χ1) is 11.2. The number of carbonyl (C=O) groups is 1. The third kappa shape index (κ3) is 5.09. The van der Waals surface area contributed by atoms with Crippen LogP contribution in [0.1, 0.15) is 11.1 Å². The molecule has 0 heterocycles. The Bertz CT molecular complexity index is 597. The van der Waals surface area contributed by atoms with Crippen molar-refractivity contribution in [1.82, 2.24) is 5.32 Å². The summed E-state index contributed by atoms with van der Waals surface area (Å²) < 4.78 is 5.15. The number of aliphatic hydroxyl groups is 2. The zero-order valence-corrected chi connectivity index (χ0v) is 12.8. The standard InChI is InChI=1S/C18H21NO4/c20-13-18(14-21,11-15-7-3-1-4-8-15)19-17(22)23-12-16-9-5-2-6-10-16/h1-10,20-21H,11-14H2,(H,19,22). The summed E-state index contributed by atoms with van der Waals surface area (Å²) in [6.07, 6.45) is -0.366. The smallest absolute Gasteiger partial charge is 0.408 e. The normalized spacial score (nSPS) is 11.0. The van der Waals surface area contributed by atoms with E-state index in [4.69, 9.17) is 4.74 Å². The zero-order chi connectivity index (χ0) is 16.5. The fourth-order valence-corrected chi connectivity index (χ4v) is 2.25. The second-order valence-corrected chi connectivity index (χ2v) is 5.45. The van der Waals surface area contributed by atoms with E-state index in [-0.39, 0.29) is 6.61 Å². The first kappa shape index (κ1) is 17.0. The van der Waals surface area contributed by atoms with Gasteiger partial charge in [0, 0.05) is 6.42 Å². The van der Waals surface area contributed by atoms with Gasteiger partial charge in [-0.25, -0.2) is 4.79 Å². The van der Waals surface area contributed by atoms with E-state index in [1.54, 1.807) is 0 Å². The number of benzene rings is 2. The summed E-state index contributed by atoms with van der Waals surface area (Å²) in [5.41, 5.74) is 0.609. The first-order valence-electron chi connectivity index (χ1n) is 7.42. The molecule has 122 valence electrons. The van der Waals surface area contributed by atoms with Crippen molar-refractivity contribution in [3.63, 3.8) is 0 Å². The molecule has 2 aromatic carbocycles. The Kier molecular flexibility index (Phi) is 6.14. The van der Waals surface area contributed by atoms with Crippen LogP contribution in [0.2, 0.25) is 0 Å². The summed E-state index contributed by atoms with van der Waals surface area (Å²) >= 11 is 0. The quantitative estimate of drug-likeness (QED) is 0.729. The molecule has 0 atom stereocenters. The minimum Gasteiger partial charge on any atom is -0.445 e. The van der Waals surface area contributed by atoms with Crippen molar-refractivity contribution in [2.45, 2.75) is 18.6 Å². The van der Waals surface area contributed by atoms with E-state index in [9.17, 15) is 15.0 Å². The summed E-state index contributed by atoms with van der Waals surface area (Å²) in [5.74, 6) is 0. The number of amides is 1. The summed E-state index contributed by atoms with van der Waals surface area (Å²) in [5, 5.41) is 21.9. The highest BCUT2D eigenvalue weighted by Crippen LogP contribution is 2.14. The molecule has 3 N–H and O–H groups in total. The SMILES string of the molecule is O=C(NC(CO)(CO)Cc1ccccc1)OCc1ccccc1. The van der Waals surface area contributed by atoms with Crippen LogP contribution in [0.15, 0.2) is 60.7 Å². The van der Waals surface area contributed by atoms with E-state index in [0.29, 0.717) is 6.42 Å². The van der Waals surface area contributed by atoms with Gasteiger partial charge in [-0.05, 0) is 11.1 Å². The largest absolute Gasteiger partial charge is 0.445 e. The molecule has 0 aliphatic carbocycles. The highest BCUT2D eigenvalue weighted by atomic mass is 16.5. The average Bonchev–Trinajstić information content (AvgIpc) is 2.61. The molecule has 0 bridgehead atoms. The lowest BCUT2D eigenvalue weighted by molar-refractivity contribution is 0.0723. The molecule has 0 spiro atoms. The highest BCUT2D eigenvalue weighted by molar-refractivity contribution is 5.68. The van der Waals surface area contributed by atoms with Crippen molar-refractivity contribution in [1.29, 1.82) is 0 Å². The van der Waals surface area contributed by atoms with Crippen LogP contribution in [-0.4, -0.2) is 35.1 Å². The number of hydrogen-bond acceptors (Lipinski definition) is 4.